The lowest BCUT2D eigenvalue weighted by Gasteiger charge is -2.23. The van der Waals surface area contributed by atoms with Crippen molar-refractivity contribution in [1.82, 2.24) is 9.13 Å². The molecule has 2 aliphatic heterocycles. The maximum Gasteiger partial charge on any atom is 0.160 e. The van der Waals surface area contributed by atoms with Crippen LogP contribution in [0.3, 0.4) is 0 Å². The molecule has 0 aliphatic carbocycles. The van der Waals surface area contributed by atoms with E-state index in [1.54, 1.807) is 0 Å². The molecule has 0 saturated carbocycles. The Morgan fingerprint density at radius 3 is 1.94 bits per heavy atom. The topological polar surface area (TPSA) is 47.7 Å². The fraction of sp³-hybridized carbons (Fsp3) is 0.0323. The molecule has 67 heavy (non-hydrogen) atoms. The van der Waals surface area contributed by atoms with Gasteiger partial charge in [0.05, 0.1) is 50.2 Å². The third-order valence-electron chi connectivity index (χ3n) is 14.4. The van der Waals surface area contributed by atoms with Crippen molar-refractivity contribution in [2.24, 2.45) is 9.98 Å². The van der Waals surface area contributed by atoms with Crippen LogP contribution in [0, 0.1) is 0 Å². The van der Waals surface area contributed by atoms with Crippen molar-refractivity contribution in [3.8, 4) is 11.4 Å². The van der Waals surface area contributed by atoms with E-state index in [-0.39, 0.29) is 5.92 Å². The van der Waals surface area contributed by atoms with E-state index in [4.69, 9.17) is 14.4 Å². The molecule has 312 valence electrons. The second-order valence-corrected chi connectivity index (χ2v) is 18.0. The number of aromatic nitrogens is 2. The Hall–Kier alpha value is -8.80. The average Bonchev–Trinajstić information content (AvgIpc) is 4.01. The molecule has 0 spiro atoms. The summed E-state index contributed by atoms with van der Waals surface area (Å²) in [6.07, 6.45) is 3.06. The van der Waals surface area contributed by atoms with Gasteiger partial charge in [-0.3, -0.25) is 0 Å². The predicted octanol–water partition coefficient (Wildman–Crippen LogP) is 15.9. The Morgan fingerprint density at radius 1 is 0.433 bits per heavy atom. The maximum atomic E-state index is 6.72. The molecule has 1 unspecified atom stereocenters. The summed E-state index contributed by atoms with van der Waals surface area (Å²) < 4.78 is 11.7. The van der Waals surface area contributed by atoms with E-state index < -0.39 is 0 Å². The van der Waals surface area contributed by atoms with Crippen molar-refractivity contribution in [2.45, 2.75) is 12.3 Å². The minimum Gasteiger partial charge on any atom is -0.456 e. The highest BCUT2D eigenvalue weighted by atomic mass is 16.3. The second kappa shape index (κ2) is 13.9. The summed E-state index contributed by atoms with van der Waals surface area (Å²) in [5.41, 5.74) is 14.8. The first-order valence-electron chi connectivity index (χ1n) is 23.1. The summed E-state index contributed by atoms with van der Waals surface area (Å²) in [7, 11) is 0. The minimum absolute atomic E-state index is 0.0857. The number of benzene rings is 10. The van der Waals surface area contributed by atoms with Crippen LogP contribution in [0.15, 0.2) is 227 Å². The highest BCUT2D eigenvalue weighted by molar-refractivity contribution is 6.26. The van der Waals surface area contributed by atoms with Gasteiger partial charge in [-0.05, 0) is 82.1 Å². The standard InChI is InChI=1S/C62H38N4O/c1-2-17-39-36-55-50(35-38(39)16-1)43-22-7-11-29-54(43)66(55)61-47(32-34-57-58(61)48-23-8-12-30-56(48)67-57)51-33-31-44-41-20-5-9-27-52(41)65-53-28-10-6-21-42(53)45-24-14-26-49(60(45)65)59(44)64-62(63-51)46-25-13-18-37-15-3-4-19-40(37)46/h1-30,32-36,44H,31H2/b51-33+,63-62-,64-59+. The molecular weight excluding hydrogens is 817 g/mol. The molecule has 15 rings (SSSR count). The molecule has 10 aromatic carbocycles. The number of fused-ring (bicyclic) bond motifs is 16. The number of hydrogen-bond acceptors (Lipinski definition) is 3. The third-order valence-corrected chi connectivity index (χ3v) is 14.4. The van der Waals surface area contributed by atoms with Crippen LogP contribution >= 0.6 is 0 Å². The number of amidine groups is 1. The van der Waals surface area contributed by atoms with E-state index in [9.17, 15) is 0 Å². The molecular formula is C62H38N4O. The molecule has 0 N–H and O–H groups in total. The molecule has 5 heterocycles. The smallest absolute Gasteiger partial charge is 0.160 e. The van der Waals surface area contributed by atoms with Gasteiger partial charge < -0.3 is 13.6 Å². The fourth-order valence-corrected chi connectivity index (χ4v) is 11.5. The highest BCUT2D eigenvalue weighted by Crippen LogP contribution is 2.47. The third kappa shape index (κ3) is 5.19. The normalized spacial score (nSPS) is 17.3. The Morgan fingerprint density at radius 2 is 1.07 bits per heavy atom. The molecule has 0 amide bonds. The number of allylic oxidation sites excluding steroid dienone is 1. The maximum absolute atomic E-state index is 6.72. The van der Waals surface area contributed by atoms with E-state index in [1.165, 1.54) is 54.6 Å². The first-order valence-corrected chi connectivity index (χ1v) is 23.1. The van der Waals surface area contributed by atoms with Gasteiger partial charge in [0, 0.05) is 49.5 Å². The lowest BCUT2D eigenvalue weighted by atomic mass is 9.85. The van der Waals surface area contributed by atoms with E-state index in [1.807, 2.05) is 0 Å². The Balaban J connectivity index is 1.08. The van der Waals surface area contributed by atoms with Crippen molar-refractivity contribution in [1.29, 1.82) is 0 Å². The molecule has 1 atom stereocenters. The van der Waals surface area contributed by atoms with Gasteiger partial charge in [0.2, 0.25) is 0 Å². The SMILES string of the molecule is C1=C(c2ccc3oc4ccccc4c3c2-n2c3ccccc3c3cc4ccccc4cc32)/N=C(c2cccc3ccccc23)\N=C2\c3cccc4c5ccccc5n(c34)-c3ccccc3C2C/1. The van der Waals surface area contributed by atoms with Crippen molar-refractivity contribution in [2.75, 3.05) is 0 Å². The monoisotopic (exact) mass is 854 g/mol. The second-order valence-electron chi connectivity index (χ2n) is 18.0. The number of rotatable bonds is 3. The highest BCUT2D eigenvalue weighted by Gasteiger charge is 2.33. The van der Waals surface area contributed by atoms with Gasteiger partial charge in [-0.15, -0.1) is 0 Å². The molecule has 0 bridgehead atoms. The predicted molar refractivity (Wildman–Crippen MR) is 279 cm³/mol. The summed E-state index contributed by atoms with van der Waals surface area (Å²) in [6.45, 7) is 0. The summed E-state index contributed by atoms with van der Waals surface area (Å²) in [5, 5.41) is 11.6. The number of hydrogen-bond donors (Lipinski definition) is 0. The van der Waals surface area contributed by atoms with Gasteiger partial charge in [-0.25, -0.2) is 9.98 Å². The quantitative estimate of drug-likeness (QED) is 0.175. The first-order chi connectivity index (χ1) is 33.2. The van der Waals surface area contributed by atoms with Gasteiger partial charge in [-0.2, -0.15) is 0 Å². The lowest BCUT2D eigenvalue weighted by molar-refractivity contribution is 0.669. The fourth-order valence-electron chi connectivity index (χ4n) is 11.5. The van der Waals surface area contributed by atoms with Crippen LogP contribution in [-0.2, 0) is 0 Å². The van der Waals surface area contributed by atoms with Gasteiger partial charge in [0.25, 0.3) is 0 Å². The van der Waals surface area contributed by atoms with E-state index in [0.29, 0.717) is 12.3 Å². The zero-order valence-electron chi connectivity index (χ0n) is 36.2. The Kier molecular flexibility index (Phi) is 7.55. The average molecular weight is 855 g/mol. The van der Waals surface area contributed by atoms with Crippen molar-refractivity contribution in [3.63, 3.8) is 0 Å². The molecule has 2 aliphatic rings. The molecule has 0 radical (unpaired) electrons. The van der Waals surface area contributed by atoms with Crippen LogP contribution in [0.5, 0.6) is 0 Å². The zero-order chi connectivity index (χ0) is 43.7. The van der Waals surface area contributed by atoms with Crippen molar-refractivity contribution in [3.05, 3.63) is 235 Å². The van der Waals surface area contributed by atoms with Crippen LogP contribution in [0.25, 0.3) is 104 Å². The van der Waals surface area contributed by atoms with Crippen LogP contribution < -0.4 is 0 Å². The molecule has 0 fully saturated rings. The number of nitrogens with zero attached hydrogens (tertiary/aromatic N) is 4. The molecule has 3 aromatic heterocycles. The molecule has 0 saturated heterocycles. The molecule has 13 aromatic rings. The van der Waals surface area contributed by atoms with Crippen LogP contribution in [0.1, 0.15) is 34.6 Å². The number of furan rings is 1. The van der Waals surface area contributed by atoms with E-state index in [2.05, 4.69) is 221 Å². The molecule has 5 nitrogen and oxygen atoms in total. The van der Waals surface area contributed by atoms with E-state index >= 15 is 0 Å². The van der Waals surface area contributed by atoms with Gasteiger partial charge in [0.1, 0.15) is 11.2 Å². The number of aliphatic imine (C=N–C) groups is 2. The molecule has 5 heteroatoms. The zero-order valence-corrected chi connectivity index (χ0v) is 36.2. The summed E-state index contributed by atoms with van der Waals surface area (Å²) in [4.78, 5) is 11.8. The van der Waals surface area contributed by atoms with Crippen LogP contribution in [0.4, 0.5) is 0 Å². The minimum atomic E-state index is -0.0857. The van der Waals surface area contributed by atoms with E-state index in [0.717, 1.165) is 77.5 Å². The Labute approximate surface area is 384 Å². The summed E-state index contributed by atoms with van der Waals surface area (Å²) in [5.74, 6) is 0.593. The summed E-state index contributed by atoms with van der Waals surface area (Å²) in [6, 6.07) is 74.5. The van der Waals surface area contributed by atoms with Gasteiger partial charge in [-0.1, -0.05) is 164 Å². The van der Waals surface area contributed by atoms with Crippen LogP contribution in [-0.4, -0.2) is 20.7 Å². The number of para-hydroxylation sites is 5. The van der Waals surface area contributed by atoms with Gasteiger partial charge in [0.15, 0.2) is 5.84 Å². The lowest BCUT2D eigenvalue weighted by Crippen LogP contribution is -2.18. The van der Waals surface area contributed by atoms with Crippen molar-refractivity contribution >= 4 is 104 Å². The van der Waals surface area contributed by atoms with Crippen LogP contribution in [0.2, 0.25) is 0 Å². The largest absolute Gasteiger partial charge is 0.456 e. The Bertz CT molecular complexity index is 4380. The van der Waals surface area contributed by atoms with Gasteiger partial charge >= 0.3 is 0 Å². The van der Waals surface area contributed by atoms with Crippen molar-refractivity contribution < 1.29 is 4.42 Å². The first kappa shape index (κ1) is 36.5. The summed E-state index contributed by atoms with van der Waals surface area (Å²) >= 11 is 0.